The Morgan fingerprint density at radius 2 is 1.79 bits per heavy atom. The Morgan fingerprint density at radius 3 is 2.59 bits per heavy atom. The minimum absolute atomic E-state index is 0.146. The molecule has 5 aromatic rings. The number of nitrogens with zero attached hydrogens (tertiary/aromatic N) is 4. The Balaban J connectivity index is 1.54. The summed E-state index contributed by atoms with van der Waals surface area (Å²) < 4.78 is 12.4. The van der Waals surface area contributed by atoms with Crippen LogP contribution in [0.5, 0.6) is 11.5 Å². The number of pyridine rings is 1. The van der Waals surface area contributed by atoms with Gasteiger partial charge in [0.15, 0.2) is 16.7 Å². The quantitative estimate of drug-likeness (QED) is 0.230. The molecule has 9 heteroatoms. The van der Waals surface area contributed by atoms with Crippen LogP contribution in [-0.4, -0.2) is 33.7 Å². The van der Waals surface area contributed by atoms with Gasteiger partial charge in [0.2, 0.25) is 0 Å². The largest absolute Gasteiger partial charge is 0.493 e. The third-order valence-electron chi connectivity index (χ3n) is 5.16. The predicted octanol–water partition coefficient (Wildman–Crippen LogP) is 5.21. The molecule has 0 aliphatic carbocycles. The van der Waals surface area contributed by atoms with Gasteiger partial charge in [-0.15, -0.1) is 11.3 Å². The molecule has 5 rings (SSSR count). The fourth-order valence-electron chi connectivity index (χ4n) is 3.52. The van der Waals surface area contributed by atoms with Crippen LogP contribution in [0.3, 0.4) is 0 Å². The molecule has 0 bridgehead atoms. The Bertz CT molecular complexity index is 1520. The lowest BCUT2D eigenvalue weighted by Gasteiger charge is -2.15. The van der Waals surface area contributed by atoms with Gasteiger partial charge in [-0.1, -0.05) is 30.0 Å². The highest BCUT2D eigenvalue weighted by atomic mass is 32.2. The highest BCUT2D eigenvalue weighted by Gasteiger charge is 2.16. The smallest absolute Gasteiger partial charge is 0.266 e. The Kier molecular flexibility index (Phi) is 6.29. The summed E-state index contributed by atoms with van der Waals surface area (Å²) in [6, 6.07) is 18.5. The van der Waals surface area contributed by atoms with Crippen LogP contribution in [-0.2, 0) is 5.75 Å². The second-order valence-corrected chi connectivity index (χ2v) is 9.04. The maximum Gasteiger partial charge on any atom is 0.266 e. The maximum atomic E-state index is 13.5. The zero-order chi connectivity index (χ0) is 23.5. The van der Waals surface area contributed by atoms with Crippen LogP contribution in [0.15, 0.2) is 82.2 Å². The van der Waals surface area contributed by atoms with E-state index in [0.29, 0.717) is 39.0 Å². The van der Waals surface area contributed by atoms with Crippen LogP contribution in [0.2, 0.25) is 0 Å². The van der Waals surface area contributed by atoms with E-state index in [9.17, 15) is 4.79 Å². The zero-order valence-electron chi connectivity index (χ0n) is 18.5. The van der Waals surface area contributed by atoms with Crippen molar-refractivity contribution in [3.05, 3.63) is 88.3 Å². The van der Waals surface area contributed by atoms with Gasteiger partial charge >= 0.3 is 0 Å². The molecule has 3 aromatic heterocycles. The molecule has 3 heterocycles. The lowest BCUT2D eigenvalue weighted by Crippen LogP contribution is -2.21. The SMILES string of the molecule is COc1ccc(-n2c(SCc3csc(-c4ccccn4)n3)nc3ccccc3c2=O)cc1OC. The molecule has 0 aliphatic heterocycles. The summed E-state index contributed by atoms with van der Waals surface area (Å²) in [4.78, 5) is 27.4. The van der Waals surface area contributed by atoms with Gasteiger partial charge in [0.1, 0.15) is 5.01 Å². The Hall–Kier alpha value is -3.69. The van der Waals surface area contributed by atoms with Crippen molar-refractivity contribution in [2.45, 2.75) is 10.9 Å². The van der Waals surface area contributed by atoms with Crippen LogP contribution in [0.25, 0.3) is 27.3 Å². The molecule has 0 N–H and O–H groups in total. The number of benzene rings is 2. The number of methoxy groups -OCH3 is 2. The standard InChI is InChI=1S/C25H20N4O3S2/c1-31-21-11-10-17(13-22(21)32-2)29-24(30)18-7-3-4-8-19(18)28-25(29)34-15-16-14-33-23(27-16)20-9-5-6-12-26-20/h3-14H,15H2,1-2H3. The highest BCUT2D eigenvalue weighted by molar-refractivity contribution is 7.98. The van der Waals surface area contributed by atoms with Crippen molar-refractivity contribution < 1.29 is 9.47 Å². The summed E-state index contributed by atoms with van der Waals surface area (Å²) in [5, 5.41) is 3.99. The molecule has 0 atom stereocenters. The summed E-state index contributed by atoms with van der Waals surface area (Å²) >= 11 is 3.01. The average molecular weight is 489 g/mol. The number of hydrogen-bond donors (Lipinski definition) is 0. The first kappa shape index (κ1) is 22.1. The first-order chi connectivity index (χ1) is 16.7. The van der Waals surface area contributed by atoms with E-state index in [0.717, 1.165) is 16.4 Å². The molecule has 0 amide bonds. The summed E-state index contributed by atoms with van der Waals surface area (Å²) in [5.74, 6) is 1.68. The summed E-state index contributed by atoms with van der Waals surface area (Å²) in [6.45, 7) is 0. The summed E-state index contributed by atoms with van der Waals surface area (Å²) in [6.07, 6.45) is 1.76. The molecular weight excluding hydrogens is 468 g/mol. The predicted molar refractivity (Wildman–Crippen MR) is 135 cm³/mol. The molecule has 0 unspecified atom stereocenters. The first-order valence-electron chi connectivity index (χ1n) is 10.4. The molecule has 0 fully saturated rings. The lowest BCUT2D eigenvalue weighted by atomic mass is 10.2. The van der Waals surface area contributed by atoms with Crippen molar-refractivity contribution >= 4 is 34.0 Å². The number of hydrogen-bond acceptors (Lipinski definition) is 8. The number of aromatic nitrogens is 4. The number of fused-ring (bicyclic) bond motifs is 1. The lowest BCUT2D eigenvalue weighted by molar-refractivity contribution is 0.354. The van der Waals surface area contributed by atoms with Gasteiger partial charge in [0.25, 0.3) is 5.56 Å². The van der Waals surface area contributed by atoms with Gasteiger partial charge in [-0.2, -0.15) is 0 Å². The van der Waals surface area contributed by atoms with Crippen molar-refractivity contribution in [3.63, 3.8) is 0 Å². The molecule has 7 nitrogen and oxygen atoms in total. The van der Waals surface area contributed by atoms with E-state index in [1.165, 1.54) is 11.8 Å². The monoisotopic (exact) mass is 488 g/mol. The van der Waals surface area contributed by atoms with Gasteiger partial charge in [0.05, 0.1) is 42.2 Å². The molecule has 170 valence electrons. The van der Waals surface area contributed by atoms with Crippen molar-refractivity contribution in [1.29, 1.82) is 0 Å². The molecule has 0 saturated heterocycles. The van der Waals surface area contributed by atoms with Crippen LogP contribution in [0, 0.1) is 0 Å². The number of thiazole rings is 1. The van der Waals surface area contributed by atoms with Crippen molar-refractivity contribution in [2.75, 3.05) is 14.2 Å². The number of thioether (sulfide) groups is 1. The highest BCUT2D eigenvalue weighted by Crippen LogP contribution is 2.32. The van der Waals surface area contributed by atoms with Gasteiger partial charge in [-0.25, -0.2) is 9.97 Å². The van der Waals surface area contributed by atoms with E-state index >= 15 is 0 Å². The molecule has 0 spiro atoms. The molecule has 0 aliphatic rings. The van der Waals surface area contributed by atoms with Crippen LogP contribution in [0.4, 0.5) is 0 Å². The summed E-state index contributed by atoms with van der Waals surface area (Å²) in [5.41, 5.74) is 2.90. The van der Waals surface area contributed by atoms with Gasteiger partial charge < -0.3 is 9.47 Å². The first-order valence-corrected chi connectivity index (χ1v) is 12.3. The molecule has 0 radical (unpaired) electrons. The summed E-state index contributed by atoms with van der Waals surface area (Å²) in [7, 11) is 3.15. The fourth-order valence-corrected chi connectivity index (χ4v) is 5.33. The van der Waals surface area contributed by atoms with Crippen molar-refractivity contribution in [2.24, 2.45) is 0 Å². The third-order valence-corrected chi connectivity index (χ3v) is 7.04. The van der Waals surface area contributed by atoms with Crippen LogP contribution >= 0.6 is 23.1 Å². The van der Waals surface area contributed by atoms with Crippen molar-refractivity contribution in [1.82, 2.24) is 19.5 Å². The van der Waals surface area contributed by atoms with E-state index in [1.807, 2.05) is 47.8 Å². The maximum absolute atomic E-state index is 13.5. The van der Waals surface area contributed by atoms with Gasteiger partial charge in [-0.3, -0.25) is 14.3 Å². The van der Waals surface area contributed by atoms with Gasteiger partial charge in [0, 0.05) is 23.4 Å². The number of ether oxygens (including phenoxy) is 2. The number of para-hydroxylation sites is 1. The third kappa shape index (κ3) is 4.27. The second kappa shape index (κ2) is 9.66. The fraction of sp³-hybridized carbons (Fsp3) is 0.120. The Labute approximate surface area is 204 Å². The Morgan fingerprint density at radius 1 is 0.971 bits per heavy atom. The molecule has 34 heavy (non-hydrogen) atoms. The van der Waals surface area contributed by atoms with Crippen molar-refractivity contribution in [3.8, 4) is 27.9 Å². The second-order valence-electron chi connectivity index (χ2n) is 7.24. The average Bonchev–Trinajstić information content (AvgIpc) is 3.37. The van der Waals surface area contributed by atoms with Crippen LogP contribution < -0.4 is 15.0 Å². The number of rotatable bonds is 7. The molecular formula is C25H20N4O3S2. The normalized spacial score (nSPS) is 11.0. The van der Waals surface area contributed by atoms with Gasteiger partial charge in [-0.05, 0) is 36.4 Å². The van der Waals surface area contributed by atoms with E-state index < -0.39 is 0 Å². The minimum Gasteiger partial charge on any atom is -0.493 e. The van der Waals surface area contributed by atoms with E-state index in [2.05, 4.69) is 4.98 Å². The van der Waals surface area contributed by atoms with E-state index in [-0.39, 0.29) is 5.56 Å². The van der Waals surface area contributed by atoms with E-state index in [4.69, 9.17) is 19.4 Å². The molecule has 2 aromatic carbocycles. The topological polar surface area (TPSA) is 79.1 Å². The van der Waals surface area contributed by atoms with Crippen LogP contribution in [0.1, 0.15) is 5.69 Å². The molecule has 0 saturated carbocycles. The van der Waals surface area contributed by atoms with E-state index in [1.54, 1.807) is 54.5 Å². The minimum atomic E-state index is -0.146. The zero-order valence-corrected chi connectivity index (χ0v) is 20.1.